The van der Waals surface area contributed by atoms with Crippen LogP contribution in [0.3, 0.4) is 0 Å². The largest absolute Gasteiger partial charge is 0.493 e. The highest BCUT2D eigenvalue weighted by Crippen LogP contribution is 2.36. The Balaban J connectivity index is 2.04. The Morgan fingerprint density at radius 1 is 1.29 bits per heavy atom. The molecule has 1 saturated carbocycles. The lowest BCUT2D eigenvalue weighted by Crippen LogP contribution is -2.36. The van der Waals surface area contributed by atoms with Crippen molar-refractivity contribution in [1.82, 2.24) is 5.32 Å². The third-order valence-corrected chi connectivity index (χ3v) is 4.85. The first-order valence-electron chi connectivity index (χ1n) is 7.88. The Morgan fingerprint density at radius 2 is 2.05 bits per heavy atom. The fraction of sp³-hybridized carbons (Fsp3) is 0.647. The van der Waals surface area contributed by atoms with Crippen molar-refractivity contribution in [2.24, 2.45) is 5.92 Å². The van der Waals surface area contributed by atoms with Crippen LogP contribution < -0.4 is 14.8 Å². The maximum absolute atomic E-state index is 5.63. The van der Waals surface area contributed by atoms with Crippen LogP contribution in [0.15, 0.2) is 16.6 Å². The van der Waals surface area contributed by atoms with Crippen molar-refractivity contribution >= 4 is 15.9 Å². The van der Waals surface area contributed by atoms with Crippen LogP contribution in [0.1, 0.15) is 45.1 Å². The molecule has 21 heavy (non-hydrogen) atoms. The van der Waals surface area contributed by atoms with Crippen molar-refractivity contribution in [2.45, 2.75) is 52.1 Å². The molecule has 1 fully saturated rings. The number of halogens is 1. The van der Waals surface area contributed by atoms with E-state index in [1.165, 1.54) is 31.2 Å². The van der Waals surface area contributed by atoms with E-state index in [2.05, 4.69) is 40.3 Å². The van der Waals surface area contributed by atoms with E-state index >= 15 is 0 Å². The van der Waals surface area contributed by atoms with E-state index in [4.69, 9.17) is 9.47 Å². The van der Waals surface area contributed by atoms with Crippen molar-refractivity contribution in [3.05, 3.63) is 22.2 Å². The molecule has 118 valence electrons. The fourth-order valence-corrected chi connectivity index (χ4v) is 3.63. The standard InChI is InChI=1S/C17H26BrNO2/c1-4-21-17-14(18)9-13(10-16(17)20-3)11-19-15-8-6-5-7-12(15)2/h9-10,12,15,19H,4-8,11H2,1-3H3. The second-order valence-electron chi connectivity index (χ2n) is 5.79. The van der Waals surface area contributed by atoms with Gasteiger partial charge in [-0.1, -0.05) is 19.8 Å². The van der Waals surface area contributed by atoms with Gasteiger partial charge in [0.2, 0.25) is 0 Å². The molecule has 1 aromatic rings. The zero-order valence-corrected chi connectivity index (χ0v) is 14.8. The quantitative estimate of drug-likeness (QED) is 0.813. The van der Waals surface area contributed by atoms with Crippen molar-refractivity contribution in [1.29, 1.82) is 0 Å². The number of hydrogen-bond acceptors (Lipinski definition) is 3. The maximum atomic E-state index is 5.63. The normalized spacial score (nSPS) is 22.1. The molecule has 2 unspecified atom stereocenters. The fourth-order valence-electron chi connectivity index (χ4n) is 3.03. The van der Waals surface area contributed by atoms with E-state index in [1.54, 1.807) is 7.11 Å². The van der Waals surface area contributed by atoms with Crippen LogP contribution >= 0.6 is 15.9 Å². The first kappa shape index (κ1) is 16.6. The first-order valence-corrected chi connectivity index (χ1v) is 8.67. The summed E-state index contributed by atoms with van der Waals surface area (Å²) < 4.78 is 12.0. The number of benzene rings is 1. The Hall–Kier alpha value is -0.740. The average molecular weight is 356 g/mol. The highest BCUT2D eigenvalue weighted by Gasteiger charge is 2.20. The molecular formula is C17H26BrNO2. The van der Waals surface area contributed by atoms with Gasteiger partial charge in [-0.3, -0.25) is 0 Å². The van der Waals surface area contributed by atoms with Crippen LogP contribution in [0.4, 0.5) is 0 Å². The topological polar surface area (TPSA) is 30.5 Å². The molecule has 0 amide bonds. The van der Waals surface area contributed by atoms with Gasteiger partial charge in [0.15, 0.2) is 11.5 Å². The van der Waals surface area contributed by atoms with Crippen molar-refractivity contribution in [2.75, 3.05) is 13.7 Å². The molecule has 0 saturated heterocycles. The molecule has 0 bridgehead atoms. The van der Waals surface area contributed by atoms with E-state index in [1.807, 2.05) is 6.92 Å². The molecule has 0 spiro atoms. The van der Waals surface area contributed by atoms with Gasteiger partial charge in [0.1, 0.15) is 0 Å². The lowest BCUT2D eigenvalue weighted by Gasteiger charge is -2.29. The van der Waals surface area contributed by atoms with Gasteiger partial charge >= 0.3 is 0 Å². The third-order valence-electron chi connectivity index (χ3n) is 4.26. The van der Waals surface area contributed by atoms with Gasteiger partial charge in [0.05, 0.1) is 18.2 Å². The van der Waals surface area contributed by atoms with Crippen LogP contribution in [-0.2, 0) is 6.54 Å². The molecular weight excluding hydrogens is 330 g/mol. The summed E-state index contributed by atoms with van der Waals surface area (Å²) in [6, 6.07) is 4.82. The van der Waals surface area contributed by atoms with Crippen LogP contribution in [0.5, 0.6) is 11.5 Å². The molecule has 0 aromatic heterocycles. The second kappa shape index (κ2) is 8.04. The van der Waals surface area contributed by atoms with Gasteiger partial charge < -0.3 is 14.8 Å². The molecule has 1 aliphatic rings. The number of rotatable bonds is 6. The highest BCUT2D eigenvalue weighted by molar-refractivity contribution is 9.10. The van der Waals surface area contributed by atoms with E-state index < -0.39 is 0 Å². The Labute approximate surface area is 136 Å². The molecule has 3 nitrogen and oxygen atoms in total. The molecule has 1 N–H and O–H groups in total. The number of methoxy groups -OCH3 is 1. The summed E-state index contributed by atoms with van der Waals surface area (Å²) in [5.74, 6) is 2.35. The first-order chi connectivity index (χ1) is 10.2. The van der Waals surface area contributed by atoms with Gasteiger partial charge in [-0.2, -0.15) is 0 Å². The Kier molecular flexibility index (Phi) is 6.37. The van der Waals surface area contributed by atoms with Crippen molar-refractivity contribution in [3.8, 4) is 11.5 Å². The summed E-state index contributed by atoms with van der Waals surface area (Å²) in [7, 11) is 1.69. The second-order valence-corrected chi connectivity index (χ2v) is 6.65. The Bertz CT molecular complexity index is 464. The van der Waals surface area contributed by atoms with Crippen LogP contribution in [0.2, 0.25) is 0 Å². The SMILES string of the molecule is CCOc1c(Br)cc(CNC2CCCCC2C)cc1OC. The summed E-state index contributed by atoms with van der Waals surface area (Å²) in [6.07, 6.45) is 5.35. The lowest BCUT2D eigenvalue weighted by atomic mass is 9.86. The maximum Gasteiger partial charge on any atom is 0.175 e. The van der Waals surface area contributed by atoms with Gasteiger partial charge in [0.25, 0.3) is 0 Å². The van der Waals surface area contributed by atoms with Crippen molar-refractivity contribution in [3.63, 3.8) is 0 Å². The van der Waals surface area contributed by atoms with Crippen LogP contribution in [0.25, 0.3) is 0 Å². The molecule has 1 aromatic carbocycles. The van der Waals surface area contributed by atoms with Gasteiger partial charge in [0, 0.05) is 12.6 Å². The highest BCUT2D eigenvalue weighted by atomic mass is 79.9. The minimum Gasteiger partial charge on any atom is -0.493 e. The van der Waals surface area contributed by atoms with E-state index in [0.717, 1.165) is 28.4 Å². The number of ether oxygens (including phenoxy) is 2. The van der Waals surface area contributed by atoms with Crippen molar-refractivity contribution < 1.29 is 9.47 Å². The van der Waals surface area contributed by atoms with E-state index in [-0.39, 0.29) is 0 Å². The van der Waals surface area contributed by atoms with Gasteiger partial charge in [-0.15, -0.1) is 0 Å². The summed E-state index contributed by atoms with van der Waals surface area (Å²) in [4.78, 5) is 0. The summed E-state index contributed by atoms with van der Waals surface area (Å²) in [5, 5.41) is 3.70. The predicted molar refractivity (Wildman–Crippen MR) is 90.1 cm³/mol. The van der Waals surface area contributed by atoms with Crippen LogP contribution in [-0.4, -0.2) is 19.8 Å². The molecule has 0 heterocycles. The number of hydrogen-bond donors (Lipinski definition) is 1. The lowest BCUT2D eigenvalue weighted by molar-refractivity contribution is 0.279. The van der Waals surface area contributed by atoms with Gasteiger partial charge in [-0.05, 0) is 59.3 Å². The summed E-state index contributed by atoms with van der Waals surface area (Å²) in [6.45, 7) is 5.83. The van der Waals surface area contributed by atoms with Crippen LogP contribution in [0, 0.1) is 5.92 Å². The predicted octanol–water partition coefficient (Wildman–Crippen LogP) is 4.52. The average Bonchev–Trinajstić information content (AvgIpc) is 2.48. The molecule has 0 radical (unpaired) electrons. The minimum absolute atomic E-state index is 0.631. The number of nitrogens with one attached hydrogen (secondary N) is 1. The summed E-state index contributed by atoms with van der Waals surface area (Å²) in [5.41, 5.74) is 1.22. The van der Waals surface area contributed by atoms with E-state index in [9.17, 15) is 0 Å². The van der Waals surface area contributed by atoms with E-state index in [0.29, 0.717) is 12.6 Å². The van der Waals surface area contributed by atoms with Gasteiger partial charge in [-0.25, -0.2) is 0 Å². The molecule has 4 heteroatoms. The zero-order valence-electron chi connectivity index (χ0n) is 13.2. The minimum atomic E-state index is 0.631. The molecule has 1 aliphatic carbocycles. The third kappa shape index (κ3) is 4.36. The Morgan fingerprint density at radius 3 is 2.71 bits per heavy atom. The summed E-state index contributed by atoms with van der Waals surface area (Å²) >= 11 is 3.58. The smallest absolute Gasteiger partial charge is 0.175 e. The molecule has 2 atom stereocenters. The molecule has 2 rings (SSSR count). The zero-order chi connectivity index (χ0) is 15.2. The monoisotopic (exact) mass is 355 g/mol. The molecule has 0 aliphatic heterocycles.